The highest BCUT2D eigenvalue weighted by Crippen LogP contribution is 2.17. The van der Waals surface area contributed by atoms with Gasteiger partial charge in [0.25, 0.3) is 0 Å². The van der Waals surface area contributed by atoms with Crippen molar-refractivity contribution < 1.29 is 4.39 Å². The first-order valence-electron chi connectivity index (χ1n) is 6.24. The predicted molar refractivity (Wildman–Crippen MR) is 79.3 cm³/mol. The molecule has 2 N–H and O–H groups in total. The van der Waals surface area contributed by atoms with Crippen molar-refractivity contribution in [2.45, 2.75) is 13.3 Å². The minimum Gasteiger partial charge on any atom is -0.357 e. The van der Waals surface area contributed by atoms with Crippen LogP contribution in [0.5, 0.6) is 0 Å². The molecule has 0 aliphatic carbocycles. The SMILES string of the molecule is C=CCNC(=NCCc1ccc(F)cc1Cl)NCC. The van der Waals surface area contributed by atoms with Gasteiger partial charge in [0.1, 0.15) is 5.82 Å². The molecule has 0 amide bonds. The molecule has 1 aromatic rings. The second-order valence-corrected chi connectivity index (χ2v) is 4.32. The molecule has 5 heteroatoms. The van der Waals surface area contributed by atoms with Crippen LogP contribution in [0.25, 0.3) is 0 Å². The highest BCUT2D eigenvalue weighted by molar-refractivity contribution is 6.31. The Bertz CT molecular complexity index is 446. The van der Waals surface area contributed by atoms with Crippen molar-refractivity contribution in [1.29, 1.82) is 0 Å². The number of aliphatic imine (C=N–C) groups is 1. The van der Waals surface area contributed by atoms with Gasteiger partial charge in [-0.2, -0.15) is 0 Å². The van der Waals surface area contributed by atoms with E-state index in [2.05, 4.69) is 22.2 Å². The lowest BCUT2D eigenvalue weighted by Crippen LogP contribution is -2.37. The number of halogens is 2. The van der Waals surface area contributed by atoms with Gasteiger partial charge in [0.2, 0.25) is 0 Å². The standard InChI is InChI=1S/C14H19ClFN3/c1-3-8-18-14(17-4-2)19-9-7-11-5-6-12(16)10-13(11)15/h3,5-6,10H,1,4,7-9H2,2H3,(H2,17,18,19). The van der Waals surface area contributed by atoms with Crippen LogP contribution in [0.4, 0.5) is 4.39 Å². The molecule has 0 saturated carbocycles. The molecule has 104 valence electrons. The monoisotopic (exact) mass is 283 g/mol. The molecule has 1 aromatic carbocycles. The predicted octanol–water partition coefficient (Wildman–Crippen LogP) is 2.76. The summed E-state index contributed by atoms with van der Waals surface area (Å²) in [4.78, 5) is 4.40. The minimum absolute atomic E-state index is 0.321. The summed E-state index contributed by atoms with van der Waals surface area (Å²) in [5.74, 6) is 0.416. The molecule has 1 rings (SSSR count). The van der Waals surface area contributed by atoms with E-state index in [4.69, 9.17) is 11.6 Å². The van der Waals surface area contributed by atoms with Gasteiger partial charge in [-0.1, -0.05) is 23.7 Å². The third kappa shape index (κ3) is 5.75. The number of guanidine groups is 1. The van der Waals surface area contributed by atoms with Crippen LogP contribution in [0.3, 0.4) is 0 Å². The first-order valence-corrected chi connectivity index (χ1v) is 6.62. The Labute approximate surface area is 118 Å². The molecule has 0 unspecified atom stereocenters. The van der Waals surface area contributed by atoms with E-state index in [-0.39, 0.29) is 5.82 Å². The number of hydrogen-bond donors (Lipinski definition) is 2. The van der Waals surface area contributed by atoms with E-state index in [1.807, 2.05) is 6.92 Å². The lowest BCUT2D eigenvalue weighted by Gasteiger charge is -2.09. The van der Waals surface area contributed by atoms with Gasteiger partial charge >= 0.3 is 0 Å². The van der Waals surface area contributed by atoms with E-state index >= 15 is 0 Å². The number of nitrogens with zero attached hydrogens (tertiary/aromatic N) is 1. The summed E-state index contributed by atoms with van der Waals surface area (Å²) in [5.41, 5.74) is 0.895. The van der Waals surface area contributed by atoms with Crippen LogP contribution in [-0.4, -0.2) is 25.6 Å². The molecule has 0 heterocycles. The van der Waals surface area contributed by atoms with E-state index in [0.717, 1.165) is 18.1 Å². The summed E-state index contributed by atoms with van der Waals surface area (Å²) in [6, 6.07) is 4.42. The van der Waals surface area contributed by atoms with Crippen molar-refractivity contribution in [3.05, 3.63) is 47.3 Å². The Kier molecular flexibility index (Phi) is 6.97. The quantitative estimate of drug-likeness (QED) is 0.478. The zero-order chi connectivity index (χ0) is 14.1. The number of nitrogens with one attached hydrogen (secondary N) is 2. The molecule has 0 bridgehead atoms. The number of hydrogen-bond acceptors (Lipinski definition) is 1. The molecule has 0 spiro atoms. The van der Waals surface area contributed by atoms with Gasteiger partial charge in [0, 0.05) is 24.7 Å². The van der Waals surface area contributed by atoms with E-state index in [1.165, 1.54) is 12.1 Å². The lowest BCUT2D eigenvalue weighted by atomic mass is 10.1. The highest BCUT2D eigenvalue weighted by Gasteiger charge is 2.02. The molecule has 3 nitrogen and oxygen atoms in total. The third-order valence-electron chi connectivity index (χ3n) is 2.42. The van der Waals surface area contributed by atoms with Crippen LogP contribution in [0.2, 0.25) is 5.02 Å². The van der Waals surface area contributed by atoms with Crippen molar-refractivity contribution in [2.75, 3.05) is 19.6 Å². The third-order valence-corrected chi connectivity index (χ3v) is 2.78. The average Bonchev–Trinajstić information content (AvgIpc) is 2.38. The minimum atomic E-state index is -0.321. The molecule has 0 aliphatic rings. The molecule has 0 saturated heterocycles. The van der Waals surface area contributed by atoms with Gasteiger partial charge in [-0.15, -0.1) is 6.58 Å². The average molecular weight is 284 g/mol. The van der Waals surface area contributed by atoms with Crippen LogP contribution in [0, 0.1) is 5.82 Å². The molecule has 0 aliphatic heterocycles. The zero-order valence-electron chi connectivity index (χ0n) is 11.0. The number of benzene rings is 1. The maximum absolute atomic E-state index is 12.9. The van der Waals surface area contributed by atoms with E-state index in [0.29, 0.717) is 24.5 Å². The second kappa shape index (κ2) is 8.53. The Morgan fingerprint density at radius 3 is 2.89 bits per heavy atom. The van der Waals surface area contributed by atoms with Crippen LogP contribution < -0.4 is 10.6 Å². The fourth-order valence-electron chi connectivity index (χ4n) is 1.52. The summed E-state index contributed by atoms with van der Waals surface area (Å²) in [5, 5.41) is 6.68. The summed E-state index contributed by atoms with van der Waals surface area (Å²) in [6.07, 6.45) is 2.44. The molecule has 0 fully saturated rings. The first kappa shape index (κ1) is 15.5. The molecular weight excluding hydrogens is 265 g/mol. The van der Waals surface area contributed by atoms with Crippen LogP contribution >= 0.6 is 11.6 Å². The molecule has 0 aromatic heterocycles. The fraction of sp³-hybridized carbons (Fsp3) is 0.357. The fourth-order valence-corrected chi connectivity index (χ4v) is 1.78. The van der Waals surface area contributed by atoms with E-state index < -0.39 is 0 Å². The molecule has 0 radical (unpaired) electrons. The normalized spacial score (nSPS) is 11.2. The van der Waals surface area contributed by atoms with Gasteiger partial charge in [0.05, 0.1) is 0 Å². The molecular formula is C14H19ClFN3. The second-order valence-electron chi connectivity index (χ2n) is 3.92. The maximum atomic E-state index is 12.9. The van der Waals surface area contributed by atoms with Crippen LogP contribution in [0.15, 0.2) is 35.8 Å². The molecule has 19 heavy (non-hydrogen) atoms. The maximum Gasteiger partial charge on any atom is 0.191 e. The Morgan fingerprint density at radius 2 is 2.26 bits per heavy atom. The summed E-state index contributed by atoms with van der Waals surface area (Å²) < 4.78 is 12.9. The smallest absolute Gasteiger partial charge is 0.191 e. The molecule has 0 atom stereocenters. The Balaban J connectivity index is 2.55. The van der Waals surface area contributed by atoms with Gasteiger partial charge in [-0.3, -0.25) is 4.99 Å². The van der Waals surface area contributed by atoms with Crippen LogP contribution in [-0.2, 0) is 6.42 Å². The van der Waals surface area contributed by atoms with Crippen molar-refractivity contribution in [3.8, 4) is 0 Å². The first-order chi connectivity index (χ1) is 9.17. The van der Waals surface area contributed by atoms with Crippen molar-refractivity contribution in [1.82, 2.24) is 10.6 Å². The van der Waals surface area contributed by atoms with Crippen molar-refractivity contribution in [2.24, 2.45) is 4.99 Å². The summed E-state index contributed by atoms with van der Waals surface area (Å²) in [7, 11) is 0. The van der Waals surface area contributed by atoms with E-state index in [9.17, 15) is 4.39 Å². The largest absolute Gasteiger partial charge is 0.357 e. The van der Waals surface area contributed by atoms with Gasteiger partial charge < -0.3 is 10.6 Å². The lowest BCUT2D eigenvalue weighted by molar-refractivity contribution is 0.627. The van der Waals surface area contributed by atoms with Gasteiger partial charge in [0.15, 0.2) is 5.96 Å². The topological polar surface area (TPSA) is 36.4 Å². The Morgan fingerprint density at radius 1 is 1.47 bits per heavy atom. The Hall–Kier alpha value is -1.55. The van der Waals surface area contributed by atoms with Crippen molar-refractivity contribution >= 4 is 17.6 Å². The van der Waals surface area contributed by atoms with Crippen LogP contribution in [0.1, 0.15) is 12.5 Å². The van der Waals surface area contributed by atoms with Gasteiger partial charge in [-0.05, 0) is 31.0 Å². The zero-order valence-corrected chi connectivity index (χ0v) is 11.8. The number of rotatable bonds is 6. The van der Waals surface area contributed by atoms with E-state index in [1.54, 1.807) is 12.1 Å². The summed E-state index contributed by atoms with van der Waals surface area (Å²) >= 11 is 5.96. The van der Waals surface area contributed by atoms with Crippen molar-refractivity contribution in [3.63, 3.8) is 0 Å². The summed E-state index contributed by atoms with van der Waals surface area (Å²) in [6.45, 7) is 7.67. The van der Waals surface area contributed by atoms with Gasteiger partial charge in [-0.25, -0.2) is 4.39 Å². The highest BCUT2D eigenvalue weighted by atomic mass is 35.5.